The average Bonchev–Trinajstić information content (AvgIpc) is 3.35. The molecule has 1 atom stereocenters. The topological polar surface area (TPSA) is 77.7 Å². The van der Waals surface area contributed by atoms with Crippen LogP contribution in [0.5, 0.6) is 0 Å². The molecule has 3 aromatic rings. The Labute approximate surface area is 200 Å². The summed E-state index contributed by atoms with van der Waals surface area (Å²) in [5.41, 5.74) is 3.61. The first-order valence-electron chi connectivity index (χ1n) is 12.3. The van der Waals surface area contributed by atoms with Crippen molar-refractivity contribution in [1.82, 2.24) is 19.4 Å². The Balaban J connectivity index is 1.47. The summed E-state index contributed by atoms with van der Waals surface area (Å²) in [7, 11) is 1.71. The van der Waals surface area contributed by atoms with Crippen LogP contribution < -0.4 is 15.4 Å². The van der Waals surface area contributed by atoms with Crippen molar-refractivity contribution in [1.29, 1.82) is 0 Å². The molecule has 34 heavy (non-hydrogen) atoms. The van der Waals surface area contributed by atoms with Gasteiger partial charge in [0.15, 0.2) is 0 Å². The molecule has 2 aliphatic heterocycles. The third-order valence-corrected chi connectivity index (χ3v) is 7.30. The van der Waals surface area contributed by atoms with E-state index < -0.39 is 0 Å². The highest BCUT2D eigenvalue weighted by Crippen LogP contribution is 2.31. The number of hydrogen-bond acceptors (Lipinski definition) is 7. The number of nitrogens with zero attached hydrogens (tertiary/aromatic N) is 6. The molecule has 1 aromatic carbocycles. The second-order valence-corrected chi connectivity index (χ2v) is 9.83. The van der Waals surface area contributed by atoms with Gasteiger partial charge in [0, 0.05) is 76.1 Å². The summed E-state index contributed by atoms with van der Waals surface area (Å²) >= 11 is 0. The van der Waals surface area contributed by atoms with E-state index in [1.54, 1.807) is 13.4 Å². The maximum absolute atomic E-state index is 13.0. The van der Waals surface area contributed by atoms with Gasteiger partial charge in [0.25, 0.3) is 5.56 Å². The number of aryl methyl sites for hydroxylation is 1. The molecule has 2 aliphatic rings. The fourth-order valence-corrected chi connectivity index (χ4v) is 5.09. The number of anilines is 2. The lowest BCUT2D eigenvalue weighted by Crippen LogP contribution is -2.48. The highest BCUT2D eigenvalue weighted by atomic mass is 16.3. The normalized spacial score (nSPS) is 19.5. The Morgan fingerprint density at radius 2 is 1.79 bits per heavy atom. The third-order valence-electron chi connectivity index (χ3n) is 7.30. The van der Waals surface area contributed by atoms with Crippen LogP contribution in [0.15, 0.2) is 41.5 Å². The number of fused-ring (bicyclic) bond motifs is 1. The quantitative estimate of drug-likeness (QED) is 0.624. The minimum atomic E-state index is -0.0950. The number of aromatic nitrogens is 3. The number of aliphatic hydroxyl groups is 1. The van der Waals surface area contributed by atoms with Crippen molar-refractivity contribution < 1.29 is 5.11 Å². The van der Waals surface area contributed by atoms with Crippen molar-refractivity contribution in [3.8, 4) is 11.3 Å². The number of aliphatic hydroxyl groups excluding tert-OH is 1. The predicted molar refractivity (Wildman–Crippen MR) is 137 cm³/mol. The molecule has 1 unspecified atom stereocenters. The SMILES string of the molecule is CC(C)N1CCN(c2ccc(-c3cc4ncn(C)c(=O)c4c(N4CCC(CO)C4)n3)cc2)CC1. The summed E-state index contributed by atoms with van der Waals surface area (Å²) in [6.07, 6.45) is 2.46. The molecule has 0 saturated carbocycles. The van der Waals surface area contributed by atoms with Crippen molar-refractivity contribution in [2.45, 2.75) is 26.3 Å². The highest BCUT2D eigenvalue weighted by Gasteiger charge is 2.26. The summed E-state index contributed by atoms with van der Waals surface area (Å²) < 4.78 is 1.50. The Bertz CT molecular complexity index is 1210. The van der Waals surface area contributed by atoms with Gasteiger partial charge in [-0.25, -0.2) is 9.97 Å². The molecule has 0 spiro atoms. The molecule has 0 bridgehead atoms. The first-order valence-corrected chi connectivity index (χ1v) is 12.3. The van der Waals surface area contributed by atoms with Gasteiger partial charge < -0.3 is 19.5 Å². The second kappa shape index (κ2) is 9.35. The lowest BCUT2D eigenvalue weighted by Gasteiger charge is -2.38. The van der Waals surface area contributed by atoms with E-state index in [2.05, 4.69) is 57.8 Å². The molecule has 2 saturated heterocycles. The molecule has 5 rings (SSSR count). The van der Waals surface area contributed by atoms with Crippen LogP contribution in [0.1, 0.15) is 20.3 Å². The van der Waals surface area contributed by atoms with Gasteiger partial charge in [-0.3, -0.25) is 9.69 Å². The molecular formula is C26H34N6O2. The van der Waals surface area contributed by atoms with E-state index in [0.717, 1.165) is 50.4 Å². The summed E-state index contributed by atoms with van der Waals surface area (Å²) in [5.74, 6) is 0.877. The smallest absolute Gasteiger partial charge is 0.264 e. The molecule has 0 radical (unpaired) electrons. The van der Waals surface area contributed by atoms with Crippen molar-refractivity contribution in [2.24, 2.45) is 13.0 Å². The number of benzene rings is 1. The molecule has 0 amide bonds. The second-order valence-electron chi connectivity index (χ2n) is 9.83. The number of hydrogen-bond donors (Lipinski definition) is 1. The van der Waals surface area contributed by atoms with Crippen LogP contribution in [0, 0.1) is 5.92 Å². The van der Waals surface area contributed by atoms with Gasteiger partial charge in [0.05, 0.1) is 17.5 Å². The molecule has 8 nitrogen and oxygen atoms in total. The van der Waals surface area contributed by atoms with Gasteiger partial charge in [0.2, 0.25) is 0 Å². The van der Waals surface area contributed by atoms with Gasteiger partial charge in [-0.15, -0.1) is 0 Å². The summed E-state index contributed by atoms with van der Waals surface area (Å²) in [5, 5.41) is 10.2. The van der Waals surface area contributed by atoms with Crippen molar-refractivity contribution in [3.63, 3.8) is 0 Å². The van der Waals surface area contributed by atoms with E-state index in [1.165, 1.54) is 10.3 Å². The monoisotopic (exact) mass is 462 g/mol. The van der Waals surface area contributed by atoms with E-state index in [1.807, 2.05) is 6.07 Å². The molecule has 0 aliphatic carbocycles. The highest BCUT2D eigenvalue weighted by molar-refractivity contribution is 5.92. The van der Waals surface area contributed by atoms with E-state index in [4.69, 9.17) is 4.98 Å². The lowest BCUT2D eigenvalue weighted by atomic mass is 10.1. The van der Waals surface area contributed by atoms with Gasteiger partial charge in [0.1, 0.15) is 11.2 Å². The van der Waals surface area contributed by atoms with E-state index in [0.29, 0.717) is 29.3 Å². The Morgan fingerprint density at radius 3 is 2.44 bits per heavy atom. The zero-order valence-corrected chi connectivity index (χ0v) is 20.3. The molecule has 8 heteroatoms. The van der Waals surface area contributed by atoms with Crippen LogP contribution in [-0.4, -0.2) is 76.5 Å². The van der Waals surface area contributed by atoms with Gasteiger partial charge in [-0.2, -0.15) is 0 Å². The summed E-state index contributed by atoms with van der Waals surface area (Å²) in [6, 6.07) is 11.1. The first kappa shape index (κ1) is 22.8. The summed E-state index contributed by atoms with van der Waals surface area (Å²) in [4.78, 5) is 29.6. The van der Waals surface area contributed by atoms with E-state index >= 15 is 0 Å². The number of piperazine rings is 1. The third kappa shape index (κ3) is 4.28. The minimum Gasteiger partial charge on any atom is -0.396 e. The zero-order valence-electron chi connectivity index (χ0n) is 20.3. The Kier molecular flexibility index (Phi) is 6.27. The van der Waals surface area contributed by atoms with Crippen LogP contribution in [-0.2, 0) is 7.05 Å². The molecule has 2 aromatic heterocycles. The molecule has 180 valence electrons. The fraction of sp³-hybridized carbons (Fsp3) is 0.500. The van der Waals surface area contributed by atoms with E-state index in [9.17, 15) is 9.90 Å². The molecular weight excluding hydrogens is 428 g/mol. The van der Waals surface area contributed by atoms with Crippen molar-refractivity contribution >= 4 is 22.4 Å². The minimum absolute atomic E-state index is 0.0950. The van der Waals surface area contributed by atoms with E-state index in [-0.39, 0.29) is 18.1 Å². The Hall–Kier alpha value is -2.97. The number of pyridine rings is 1. The van der Waals surface area contributed by atoms with Crippen LogP contribution in [0.3, 0.4) is 0 Å². The standard InChI is InChI=1S/C26H34N6O2/c1-18(2)30-10-12-31(13-11-30)21-6-4-20(5-7-21)22-14-23-24(26(34)29(3)17-27-23)25(28-22)32-9-8-19(15-32)16-33/h4-7,14,17-19,33H,8-13,15-16H2,1-3H3. The predicted octanol–water partition coefficient (Wildman–Crippen LogP) is 2.34. The van der Waals surface area contributed by atoms with Crippen LogP contribution in [0.2, 0.25) is 0 Å². The molecule has 4 heterocycles. The maximum atomic E-state index is 13.0. The van der Waals surface area contributed by atoms with Crippen LogP contribution >= 0.6 is 0 Å². The summed E-state index contributed by atoms with van der Waals surface area (Å²) in [6.45, 7) is 10.4. The largest absolute Gasteiger partial charge is 0.396 e. The van der Waals surface area contributed by atoms with Gasteiger partial charge >= 0.3 is 0 Å². The van der Waals surface area contributed by atoms with Gasteiger partial charge in [-0.05, 0) is 38.5 Å². The fourth-order valence-electron chi connectivity index (χ4n) is 5.09. The lowest BCUT2D eigenvalue weighted by molar-refractivity contribution is 0.209. The zero-order chi connectivity index (χ0) is 23.8. The molecule has 1 N–H and O–H groups in total. The average molecular weight is 463 g/mol. The molecule has 2 fully saturated rings. The van der Waals surface area contributed by atoms with Crippen molar-refractivity contribution in [2.75, 3.05) is 55.7 Å². The van der Waals surface area contributed by atoms with Gasteiger partial charge in [-0.1, -0.05) is 12.1 Å². The number of rotatable bonds is 5. The van der Waals surface area contributed by atoms with Crippen LogP contribution in [0.4, 0.5) is 11.5 Å². The maximum Gasteiger partial charge on any atom is 0.264 e. The van der Waals surface area contributed by atoms with Crippen molar-refractivity contribution in [3.05, 3.63) is 47.0 Å². The first-order chi connectivity index (χ1) is 16.4. The van der Waals surface area contributed by atoms with Crippen LogP contribution in [0.25, 0.3) is 22.2 Å². The Morgan fingerprint density at radius 1 is 1.06 bits per heavy atom.